The topological polar surface area (TPSA) is 98.8 Å². The Hall–Kier alpha value is -1.87. The molecule has 1 unspecified atom stereocenters. The normalized spacial score (nSPS) is 20.2. The maximum Gasteiger partial charge on any atom is 0.228 e. The van der Waals surface area contributed by atoms with E-state index in [1.165, 1.54) is 0 Å². The Morgan fingerprint density at radius 2 is 2.50 bits per heavy atom. The molecule has 6 nitrogen and oxygen atoms in total. The predicted molar refractivity (Wildman–Crippen MR) is 57.6 cm³/mol. The first-order chi connectivity index (χ1) is 7.67. The summed E-state index contributed by atoms with van der Waals surface area (Å²) in [5, 5.41) is 15.7. The molecule has 0 saturated carbocycles. The Morgan fingerprint density at radius 1 is 1.75 bits per heavy atom. The third kappa shape index (κ3) is 1.55. The summed E-state index contributed by atoms with van der Waals surface area (Å²) in [5.74, 6) is 0.579. The number of hydrogen-bond donors (Lipinski definition) is 2. The van der Waals surface area contributed by atoms with Gasteiger partial charge in [0, 0.05) is 13.0 Å². The van der Waals surface area contributed by atoms with Gasteiger partial charge < -0.3 is 5.73 Å². The maximum atomic E-state index is 11.7. The van der Waals surface area contributed by atoms with Crippen LogP contribution in [0.25, 0.3) is 0 Å². The first-order valence-corrected chi connectivity index (χ1v) is 5.12. The molecule has 1 aliphatic rings. The van der Waals surface area contributed by atoms with Crippen LogP contribution in [0.5, 0.6) is 0 Å². The zero-order valence-electron chi connectivity index (χ0n) is 9.03. The summed E-state index contributed by atoms with van der Waals surface area (Å²) in [5.41, 5.74) is 6.66. The number of nitriles is 1. The number of aromatic amines is 1. The maximum absolute atomic E-state index is 11.7. The Balaban J connectivity index is 2.32. The summed E-state index contributed by atoms with van der Waals surface area (Å²) in [6, 6.07) is 2.06. The fourth-order valence-corrected chi connectivity index (χ4v) is 1.89. The number of hydrogen-bond acceptors (Lipinski definition) is 4. The molecular weight excluding hydrogens is 206 g/mol. The van der Waals surface area contributed by atoms with E-state index in [1.54, 1.807) is 11.8 Å². The van der Waals surface area contributed by atoms with Gasteiger partial charge >= 0.3 is 0 Å². The molecule has 6 heteroatoms. The number of aromatic nitrogens is 2. The number of amides is 1. The molecule has 0 aromatic carbocycles. The van der Waals surface area contributed by atoms with E-state index in [0.29, 0.717) is 36.6 Å². The summed E-state index contributed by atoms with van der Waals surface area (Å²) in [4.78, 5) is 13.3. The van der Waals surface area contributed by atoms with Crippen LogP contribution >= 0.6 is 0 Å². The van der Waals surface area contributed by atoms with E-state index >= 15 is 0 Å². The highest BCUT2D eigenvalue weighted by molar-refractivity contribution is 5.96. The van der Waals surface area contributed by atoms with Crippen LogP contribution in [0.15, 0.2) is 0 Å². The van der Waals surface area contributed by atoms with Crippen LogP contribution in [0.1, 0.15) is 17.7 Å². The average molecular weight is 219 g/mol. The van der Waals surface area contributed by atoms with Gasteiger partial charge in [0.2, 0.25) is 5.91 Å². The van der Waals surface area contributed by atoms with Gasteiger partial charge in [-0.15, -0.1) is 0 Å². The van der Waals surface area contributed by atoms with Gasteiger partial charge in [-0.05, 0) is 19.4 Å². The van der Waals surface area contributed by atoms with Gasteiger partial charge in [-0.1, -0.05) is 0 Å². The molecule has 1 fully saturated rings. The van der Waals surface area contributed by atoms with Crippen molar-refractivity contribution < 1.29 is 4.79 Å². The molecule has 0 bridgehead atoms. The van der Waals surface area contributed by atoms with E-state index in [0.717, 1.165) is 0 Å². The molecule has 1 aliphatic heterocycles. The highest BCUT2D eigenvalue weighted by Gasteiger charge is 2.32. The number of anilines is 1. The second-order valence-electron chi connectivity index (χ2n) is 3.97. The van der Waals surface area contributed by atoms with Gasteiger partial charge in [0.15, 0.2) is 5.82 Å². The SMILES string of the molecule is Cc1[nH]nc(N2CC(CN)CC2=O)c1C#N. The smallest absolute Gasteiger partial charge is 0.228 e. The fraction of sp³-hybridized carbons (Fsp3) is 0.500. The molecule has 1 saturated heterocycles. The number of nitrogens with zero attached hydrogens (tertiary/aromatic N) is 3. The second-order valence-corrected chi connectivity index (χ2v) is 3.97. The third-order valence-corrected chi connectivity index (χ3v) is 2.83. The van der Waals surface area contributed by atoms with Crippen molar-refractivity contribution in [1.29, 1.82) is 5.26 Å². The quantitative estimate of drug-likeness (QED) is 0.725. The molecule has 0 aliphatic carbocycles. The van der Waals surface area contributed by atoms with E-state index in [-0.39, 0.29) is 11.8 Å². The number of carbonyl (C=O) groups is 1. The third-order valence-electron chi connectivity index (χ3n) is 2.83. The number of H-pyrrole nitrogens is 1. The summed E-state index contributed by atoms with van der Waals surface area (Å²) in [6.45, 7) is 2.79. The summed E-state index contributed by atoms with van der Waals surface area (Å²) in [7, 11) is 0. The zero-order valence-corrected chi connectivity index (χ0v) is 9.03. The molecule has 2 rings (SSSR count). The molecule has 0 spiro atoms. The van der Waals surface area contributed by atoms with Crippen LogP contribution in [0, 0.1) is 24.2 Å². The first kappa shape index (κ1) is 10.6. The van der Waals surface area contributed by atoms with Crippen molar-refractivity contribution in [3.8, 4) is 6.07 Å². The molecule has 1 aromatic rings. The van der Waals surface area contributed by atoms with Gasteiger partial charge in [0.05, 0.1) is 5.69 Å². The fourth-order valence-electron chi connectivity index (χ4n) is 1.89. The number of rotatable bonds is 2. The zero-order chi connectivity index (χ0) is 11.7. The second kappa shape index (κ2) is 3.94. The van der Waals surface area contributed by atoms with E-state index in [1.807, 2.05) is 0 Å². The van der Waals surface area contributed by atoms with E-state index in [2.05, 4.69) is 16.3 Å². The van der Waals surface area contributed by atoms with Crippen LogP contribution in [-0.4, -0.2) is 29.2 Å². The van der Waals surface area contributed by atoms with Gasteiger partial charge in [-0.25, -0.2) is 0 Å². The van der Waals surface area contributed by atoms with Crippen LogP contribution in [-0.2, 0) is 4.79 Å². The number of aryl methyl sites for hydroxylation is 1. The molecule has 3 N–H and O–H groups in total. The Labute approximate surface area is 93.0 Å². The van der Waals surface area contributed by atoms with Crippen molar-refractivity contribution in [1.82, 2.24) is 10.2 Å². The summed E-state index contributed by atoms with van der Waals surface area (Å²) >= 11 is 0. The molecule has 16 heavy (non-hydrogen) atoms. The lowest BCUT2D eigenvalue weighted by Gasteiger charge is -2.13. The van der Waals surface area contributed by atoms with Crippen molar-refractivity contribution in [3.05, 3.63) is 11.3 Å². The predicted octanol–water partition coefficient (Wildman–Crippen LogP) is -0.0986. The largest absolute Gasteiger partial charge is 0.330 e. The monoisotopic (exact) mass is 219 g/mol. The van der Waals surface area contributed by atoms with Gasteiger partial charge in [0.1, 0.15) is 11.6 Å². The lowest BCUT2D eigenvalue weighted by Crippen LogP contribution is -2.26. The minimum Gasteiger partial charge on any atom is -0.330 e. The number of carbonyl (C=O) groups excluding carboxylic acids is 1. The van der Waals surface area contributed by atoms with E-state index in [9.17, 15) is 4.79 Å². The lowest BCUT2D eigenvalue weighted by atomic mass is 10.1. The van der Waals surface area contributed by atoms with Crippen LogP contribution < -0.4 is 10.6 Å². The lowest BCUT2D eigenvalue weighted by molar-refractivity contribution is -0.117. The van der Waals surface area contributed by atoms with E-state index < -0.39 is 0 Å². The highest BCUT2D eigenvalue weighted by atomic mass is 16.2. The highest BCUT2D eigenvalue weighted by Crippen LogP contribution is 2.26. The van der Waals surface area contributed by atoms with Crippen LogP contribution in [0.4, 0.5) is 5.82 Å². The summed E-state index contributed by atoms with van der Waals surface area (Å²) < 4.78 is 0. The van der Waals surface area contributed by atoms with Crippen molar-refractivity contribution in [3.63, 3.8) is 0 Å². The molecule has 1 atom stereocenters. The summed E-state index contributed by atoms with van der Waals surface area (Å²) in [6.07, 6.45) is 0.438. The number of nitrogens with one attached hydrogen (secondary N) is 1. The molecular formula is C10H13N5O. The van der Waals surface area contributed by atoms with Crippen molar-refractivity contribution >= 4 is 11.7 Å². The van der Waals surface area contributed by atoms with Gasteiger partial charge in [-0.3, -0.25) is 14.8 Å². The van der Waals surface area contributed by atoms with Crippen molar-refractivity contribution in [2.45, 2.75) is 13.3 Å². The molecule has 1 amide bonds. The Kier molecular flexibility index (Phi) is 2.62. The van der Waals surface area contributed by atoms with Crippen LogP contribution in [0.2, 0.25) is 0 Å². The van der Waals surface area contributed by atoms with Crippen molar-refractivity contribution in [2.24, 2.45) is 11.7 Å². The molecule has 84 valence electrons. The molecule has 1 aromatic heterocycles. The van der Waals surface area contributed by atoms with Gasteiger partial charge in [-0.2, -0.15) is 10.4 Å². The molecule has 0 radical (unpaired) electrons. The Bertz CT molecular complexity index is 458. The molecule has 2 heterocycles. The first-order valence-electron chi connectivity index (χ1n) is 5.12. The van der Waals surface area contributed by atoms with Crippen LogP contribution in [0.3, 0.4) is 0 Å². The van der Waals surface area contributed by atoms with Crippen molar-refractivity contribution in [2.75, 3.05) is 18.0 Å². The minimum atomic E-state index is -0.0153. The standard InChI is InChI=1S/C10H13N5O/c1-6-8(4-12)10(14-13-6)15-5-7(3-11)2-9(15)16/h7H,2-3,5,11H2,1H3,(H,13,14). The number of nitrogens with two attached hydrogens (primary N) is 1. The average Bonchev–Trinajstić information content (AvgIpc) is 2.81. The van der Waals surface area contributed by atoms with Gasteiger partial charge in [0.25, 0.3) is 0 Å². The van der Waals surface area contributed by atoms with E-state index in [4.69, 9.17) is 11.0 Å². The minimum absolute atomic E-state index is 0.0153. The Morgan fingerprint density at radius 3 is 3.06 bits per heavy atom.